The van der Waals surface area contributed by atoms with Crippen LogP contribution in [0, 0.1) is 0 Å². The first-order valence-corrected chi connectivity index (χ1v) is 7.96. The third-order valence-corrected chi connectivity index (χ3v) is 3.19. The van der Waals surface area contributed by atoms with Gasteiger partial charge in [-0.05, 0) is 43.2 Å². The molecule has 0 saturated heterocycles. The zero-order chi connectivity index (χ0) is 18.8. The molecular weight excluding hydrogens is 322 g/mol. The standard InChI is InChI=1S/C19H23NO5/c1-5-6-17(21)25-16-9-7-15(8-10-16)19(23)24-12-11-20-18(22)14(4)13(2)3/h7-10H,2,4-6,11-12H2,1,3H3,(H,20,22). The zero-order valence-electron chi connectivity index (χ0n) is 14.6. The molecule has 0 unspecified atom stereocenters. The second-order valence-electron chi connectivity index (χ2n) is 5.40. The van der Waals surface area contributed by atoms with Crippen molar-refractivity contribution in [2.75, 3.05) is 13.2 Å². The van der Waals surface area contributed by atoms with Crippen molar-refractivity contribution in [1.29, 1.82) is 0 Å². The van der Waals surface area contributed by atoms with Crippen molar-refractivity contribution in [3.05, 3.63) is 54.1 Å². The maximum absolute atomic E-state index is 11.9. The summed E-state index contributed by atoms with van der Waals surface area (Å²) in [6.07, 6.45) is 1.05. The van der Waals surface area contributed by atoms with Gasteiger partial charge in [0, 0.05) is 12.0 Å². The van der Waals surface area contributed by atoms with Crippen LogP contribution in [0.4, 0.5) is 0 Å². The summed E-state index contributed by atoms with van der Waals surface area (Å²) in [6.45, 7) is 11.0. The average Bonchev–Trinajstić information content (AvgIpc) is 2.58. The van der Waals surface area contributed by atoms with E-state index < -0.39 is 5.97 Å². The number of benzene rings is 1. The van der Waals surface area contributed by atoms with Crippen molar-refractivity contribution in [2.45, 2.75) is 26.7 Å². The highest BCUT2D eigenvalue weighted by molar-refractivity contribution is 5.96. The van der Waals surface area contributed by atoms with Gasteiger partial charge in [0.2, 0.25) is 0 Å². The van der Waals surface area contributed by atoms with E-state index in [4.69, 9.17) is 9.47 Å². The van der Waals surface area contributed by atoms with Crippen LogP contribution in [0.2, 0.25) is 0 Å². The maximum Gasteiger partial charge on any atom is 0.338 e. The molecular formula is C19H23NO5. The molecule has 1 rings (SSSR count). The summed E-state index contributed by atoms with van der Waals surface area (Å²) in [5.74, 6) is -0.813. The van der Waals surface area contributed by atoms with Gasteiger partial charge >= 0.3 is 11.9 Å². The molecule has 0 atom stereocenters. The van der Waals surface area contributed by atoms with E-state index in [1.807, 2.05) is 6.92 Å². The maximum atomic E-state index is 11.9. The molecule has 0 aromatic heterocycles. The number of carbonyl (C=O) groups excluding carboxylic acids is 3. The van der Waals surface area contributed by atoms with Gasteiger partial charge in [0.25, 0.3) is 5.91 Å². The fourth-order valence-electron chi connectivity index (χ4n) is 1.74. The second-order valence-corrected chi connectivity index (χ2v) is 5.40. The van der Waals surface area contributed by atoms with Gasteiger partial charge in [0.1, 0.15) is 12.4 Å². The normalized spacial score (nSPS) is 9.84. The van der Waals surface area contributed by atoms with Crippen LogP contribution in [0.25, 0.3) is 0 Å². The Hall–Kier alpha value is -2.89. The van der Waals surface area contributed by atoms with Crippen molar-refractivity contribution in [3.8, 4) is 5.75 Å². The van der Waals surface area contributed by atoms with E-state index in [2.05, 4.69) is 18.5 Å². The molecule has 0 aliphatic carbocycles. The Balaban J connectivity index is 2.40. The highest BCUT2D eigenvalue weighted by atomic mass is 16.5. The Morgan fingerprint density at radius 3 is 2.32 bits per heavy atom. The van der Waals surface area contributed by atoms with Gasteiger partial charge in [-0.2, -0.15) is 0 Å². The molecule has 0 heterocycles. The lowest BCUT2D eigenvalue weighted by atomic mass is 10.1. The summed E-state index contributed by atoms with van der Waals surface area (Å²) in [6, 6.07) is 6.09. The summed E-state index contributed by atoms with van der Waals surface area (Å²) in [4.78, 5) is 34.9. The molecule has 6 nitrogen and oxygen atoms in total. The minimum absolute atomic E-state index is 0.0290. The fraction of sp³-hybridized carbons (Fsp3) is 0.316. The summed E-state index contributed by atoms with van der Waals surface area (Å²) >= 11 is 0. The number of hydrogen-bond donors (Lipinski definition) is 1. The van der Waals surface area contributed by atoms with E-state index >= 15 is 0 Å². The zero-order valence-corrected chi connectivity index (χ0v) is 14.6. The lowest BCUT2D eigenvalue weighted by molar-refractivity contribution is -0.134. The number of amides is 1. The number of esters is 2. The molecule has 1 aromatic rings. The SMILES string of the molecule is C=C(C)C(=C)C(=O)NCCOC(=O)c1ccc(OC(=O)CCC)cc1. The molecule has 0 spiro atoms. The van der Waals surface area contributed by atoms with Crippen molar-refractivity contribution in [1.82, 2.24) is 5.32 Å². The molecule has 0 bridgehead atoms. The van der Waals surface area contributed by atoms with Crippen LogP contribution in [0.15, 0.2) is 48.6 Å². The fourth-order valence-corrected chi connectivity index (χ4v) is 1.74. The first-order chi connectivity index (χ1) is 11.8. The van der Waals surface area contributed by atoms with Gasteiger partial charge in [-0.15, -0.1) is 0 Å². The van der Waals surface area contributed by atoms with Crippen molar-refractivity contribution in [3.63, 3.8) is 0 Å². The Kier molecular flexibility index (Phi) is 8.12. The van der Waals surface area contributed by atoms with E-state index in [1.165, 1.54) is 24.3 Å². The quantitative estimate of drug-likeness (QED) is 0.245. The first-order valence-electron chi connectivity index (χ1n) is 7.96. The molecule has 0 saturated carbocycles. The molecule has 1 N–H and O–H groups in total. The van der Waals surface area contributed by atoms with Crippen LogP contribution in [0.1, 0.15) is 37.0 Å². The summed E-state index contributed by atoms with van der Waals surface area (Å²) < 4.78 is 10.2. The van der Waals surface area contributed by atoms with E-state index in [0.717, 1.165) is 0 Å². The highest BCUT2D eigenvalue weighted by Gasteiger charge is 2.10. The topological polar surface area (TPSA) is 81.7 Å². The Morgan fingerprint density at radius 1 is 1.12 bits per heavy atom. The van der Waals surface area contributed by atoms with Gasteiger partial charge < -0.3 is 14.8 Å². The van der Waals surface area contributed by atoms with Crippen LogP contribution in [-0.4, -0.2) is 31.0 Å². The molecule has 1 amide bonds. The predicted molar refractivity (Wildman–Crippen MR) is 94.2 cm³/mol. The third kappa shape index (κ3) is 7.03. The molecule has 0 radical (unpaired) electrons. The highest BCUT2D eigenvalue weighted by Crippen LogP contribution is 2.14. The van der Waals surface area contributed by atoms with Gasteiger partial charge in [-0.1, -0.05) is 20.1 Å². The Labute approximate surface area is 147 Å². The van der Waals surface area contributed by atoms with Gasteiger partial charge in [-0.25, -0.2) is 4.79 Å². The number of hydrogen-bond acceptors (Lipinski definition) is 5. The van der Waals surface area contributed by atoms with Crippen molar-refractivity contribution < 1.29 is 23.9 Å². The van der Waals surface area contributed by atoms with E-state index in [1.54, 1.807) is 6.92 Å². The molecule has 0 aliphatic rings. The van der Waals surface area contributed by atoms with Crippen LogP contribution >= 0.6 is 0 Å². The largest absolute Gasteiger partial charge is 0.460 e. The minimum Gasteiger partial charge on any atom is -0.460 e. The Bertz CT molecular complexity index is 661. The van der Waals surface area contributed by atoms with E-state index in [-0.39, 0.29) is 25.0 Å². The Morgan fingerprint density at radius 2 is 1.76 bits per heavy atom. The van der Waals surface area contributed by atoms with Crippen molar-refractivity contribution >= 4 is 17.8 Å². The number of rotatable bonds is 9. The van der Waals surface area contributed by atoms with Crippen LogP contribution in [-0.2, 0) is 14.3 Å². The summed E-state index contributed by atoms with van der Waals surface area (Å²) in [5.41, 5.74) is 1.20. The van der Waals surface area contributed by atoms with E-state index in [0.29, 0.717) is 35.3 Å². The van der Waals surface area contributed by atoms with Gasteiger partial charge in [0.15, 0.2) is 0 Å². The van der Waals surface area contributed by atoms with Gasteiger partial charge in [-0.3, -0.25) is 9.59 Å². The number of carbonyl (C=O) groups is 3. The minimum atomic E-state index is -0.528. The van der Waals surface area contributed by atoms with Crippen molar-refractivity contribution in [2.24, 2.45) is 0 Å². The number of nitrogens with one attached hydrogen (secondary N) is 1. The molecule has 1 aromatic carbocycles. The van der Waals surface area contributed by atoms with Crippen LogP contribution in [0.5, 0.6) is 5.75 Å². The summed E-state index contributed by atoms with van der Waals surface area (Å²) in [7, 11) is 0. The van der Waals surface area contributed by atoms with Crippen LogP contribution < -0.4 is 10.1 Å². The van der Waals surface area contributed by atoms with Gasteiger partial charge in [0.05, 0.1) is 12.1 Å². The number of ether oxygens (including phenoxy) is 2. The first kappa shape index (κ1) is 20.2. The smallest absolute Gasteiger partial charge is 0.338 e. The summed E-state index contributed by atoms with van der Waals surface area (Å²) in [5, 5.41) is 2.58. The van der Waals surface area contributed by atoms with E-state index in [9.17, 15) is 14.4 Å². The second kappa shape index (κ2) is 10.1. The molecule has 6 heteroatoms. The van der Waals surface area contributed by atoms with Crippen LogP contribution in [0.3, 0.4) is 0 Å². The lowest BCUT2D eigenvalue weighted by Crippen LogP contribution is -2.29. The molecule has 0 fully saturated rings. The molecule has 134 valence electrons. The molecule has 25 heavy (non-hydrogen) atoms. The third-order valence-electron chi connectivity index (χ3n) is 3.19. The molecule has 0 aliphatic heterocycles. The predicted octanol–water partition coefficient (Wildman–Crippen LogP) is 2.80. The average molecular weight is 345 g/mol. The monoisotopic (exact) mass is 345 g/mol. The lowest BCUT2D eigenvalue weighted by Gasteiger charge is -2.08.